The molecule has 0 atom stereocenters. The van der Waals surface area contributed by atoms with Crippen LogP contribution in [0.4, 0.5) is 0 Å². The van der Waals surface area contributed by atoms with Crippen LogP contribution in [0, 0.1) is 0 Å². The van der Waals surface area contributed by atoms with Crippen molar-refractivity contribution < 1.29 is 8.83 Å². The molecule has 2 aromatic heterocycles. The molecule has 0 fully saturated rings. The first kappa shape index (κ1) is 28.4. The molecule has 0 spiro atoms. The van der Waals surface area contributed by atoms with E-state index in [2.05, 4.69) is 170 Å². The maximum absolute atomic E-state index is 6.82. The fraction of sp³-hybridized carbons (Fsp3) is 0. The van der Waals surface area contributed by atoms with Gasteiger partial charge in [-0.05, 0) is 113 Å². The van der Waals surface area contributed by atoms with Crippen LogP contribution in [0.5, 0.6) is 0 Å². The molecule has 1 aliphatic rings. The first-order valence-corrected chi connectivity index (χ1v) is 18.6. The second-order valence-corrected chi connectivity index (χ2v) is 14.7. The normalized spacial score (nSPS) is 12.4. The molecule has 10 aromatic carbocycles. The molecule has 0 bridgehead atoms. The van der Waals surface area contributed by atoms with Gasteiger partial charge in [-0.1, -0.05) is 140 Å². The molecule has 0 saturated heterocycles. The zero-order valence-electron chi connectivity index (χ0n) is 29.0. The van der Waals surface area contributed by atoms with Crippen molar-refractivity contribution in [1.82, 2.24) is 0 Å². The molecular weight excluding hydrogens is 657 g/mol. The molecule has 0 unspecified atom stereocenters. The second-order valence-electron chi connectivity index (χ2n) is 14.7. The summed E-state index contributed by atoms with van der Waals surface area (Å²) in [5.74, 6) is 0. The van der Waals surface area contributed by atoms with Crippen LogP contribution in [0.2, 0.25) is 0 Å². The Labute approximate surface area is 309 Å². The SMILES string of the molecule is c1ccc2c(-c3ccc(-c4c5ccccc5c(-c5cc6oc7cccc8c7c6c6c5ccc5oc7cccc-8c7c56)c5ccccc45)cc3)cccc2c1. The van der Waals surface area contributed by atoms with Gasteiger partial charge in [-0.15, -0.1) is 0 Å². The van der Waals surface area contributed by atoms with E-state index in [4.69, 9.17) is 8.83 Å². The molecule has 13 rings (SSSR count). The smallest absolute Gasteiger partial charge is 0.136 e. The van der Waals surface area contributed by atoms with Crippen molar-refractivity contribution in [2.45, 2.75) is 0 Å². The van der Waals surface area contributed by atoms with Gasteiger partial charge in [0.05, 0.1) is 0 Å². The summed E-state index contributed by atoms with van der Waals surface area (Å²) in [4.78, 5) is 0. The summed E-state index contributed by atoms with van der Waals surface area (Å²) in [7, 11) is 0. The second kappa shape index (κ2) is 10.2. The van der Waals surface area contributed by atoms with Crippen LogP contribution in [0.3, 0.4) is 0 Å². The third-order valence-electron chi connectivity index (χ3n) is 12.0. The van der Waals surface area contributed by atoms with Crippen molar-refractivity contribution in [3.63, 3.8) is 0 Å². The Morgan fingerprint density at radius 1 is 0.259 bits per heavy atom. The lowest BCUT2D eigenvalue weighted by atomic mass is 9.83. The van der Waals surface area contributed by atoms with Gasteiger partial charge in [-0.2, -0.15) is 0 Å². The van der Waals surface area contributed by atoms with Crippen LogP contribution >= 0.6 is 0 Å². The fourth-order valence-corrected chi connectivity index (χ4v) is 9.80. The van der Waals surface area contributed by atoms with E-state index in [0.717, 1.165) is 22.3 Å². The Morgan fingerprint density at radius 2 is 0.759 bits per heavy atom. The number of hydrogen-bond donors (Lipinski definition) is 0. The van der Waals surface area contributed by atoms with E-state index in [9.17, 15) is 0 Å². The molecule has 0 aliphatic heterocycles. The van der Waals surface area contributed by atoms with E-state index >= 15 is 0 Å². The highest BCUT2D eigenvalue weighted by atomic mass is 16.3. The summed E-state index contributed by atoms with van der Waals surface area (Å²) < 4.78 is 13.4. The molecule has 0 saturated carbocycles. The maximum Gasteiger partial charge on any atom is 0.136 e. The quantitative estimate of drug-likeness (QED) is 0.173. The zero-order valence-corrected chi connectivity index (χ0v) is 29.0. The highest BCUT2D eigenvalue weighted by Gasteiger charge is 2.27. The first-order valence-electron chi connectivity index (χ1n) is 18.6. The molecular formula is C52H28O2. The minimum atomic E-state index is 0.899. The summed E-state index contributed by atoms with van der Waals surface area (Å²) in [6.45, 7) is 0. The highest BCUT2D eigenvalue weighted by Crippen LogP contribution is 2.53. The van der Waals surface area contributed by atoms with Gasteiger partial charge in [0.1, 0.15) is 22.3 Å². The highest BCUT2D eigenvalue weighted by molar-refractivity contribution is 6.39. The topological polar surface area (TPSA) is 26.3 Å². The molecule has 2 heterocycles. The Balaban J connectivity index is 1.13. The van der Waals surface area contributed by atoms with E-state index in [0.29, 0.717) is 0 Å². The van der Waals surface area contributed by atoms with Crippen LogP contribution < -0.4 is 0 Å². The van der Waals surface area contributed by atoms with E-state index in [1.54, 1.807) is 0 Å². The Morgan fingerprint density at radius 3 is 1.44 bits per heavy atom. The van der Waals surface area contributed by atoms with E-state index in [1.165, 1.54) is 109 Å². The summed E-state index contributed by atoms with van der Waals surface area (Å²) in [5.41, 5.74) is 13.3. The number of benzene rings is 10. The van der Waals surface area contributed by atoms with Crippen LogP contribution in [0.1, 0.15) is 0 Å². The van der Waals surface area contributed by atoms with Crippen molar-refractivity contribution in [3.8, 4) is 44.5 Å². The fourth-order valence-electron chi connectivity index (χ4n) is 9.80. The van der Waals surface area contributed by atoms with Crippen molar-refractivity contribution >= 4 is 87.0 Å². The van der Waals surface area contributed by atoms with Crippen molar-refractivity contribution in [2.24, 2.45) is 0 Å². The van der Waals surface area contributed by atoms with Gasteiger partial charge in [-0.3, -0.25) is 0 Å². The Kier molecular flexibility index (Phi) is 5.39. The molecule has 0 amide bonds. The number of furan rings is 2. The predicted molar refractivity (Wildman–Crippen MR) is 226 cm³/mol. The largest absolute Gasteiger partial charge is 0.456 e. The summed E-state index contributed by atoms with van der Waals surface area (Å²) in [6.07, 6.45) is 0. The Hall–Kier alpha value is -7.16. The molecule has 54 heavy (non-hydrogen) atoms. The van der Waals surface area contributed by atoms with Gasteiger partial charge in [0.25, 0.3) is 0 Å². The first-order chi connectivity index (χ1) is 26.8. The number of rotatable bonds is 3. The Bertz CT molecular complexity index is 3510. The van der Waals surface area contributed by atoms with Crippen molar-refractivity contribution in [2.75, 3.05) is 0 Å². The molecule has 0 radical (unpaired) electrons. The van der Waals surface area contributed by atoms with Crippen molar-refractivity contribution in [1.29, 1.82) is 0 Å². The van der Waals surface area contributed by atoms with Gasteiger partial charge >= 0.3 is 0 Å². The van der Waals surface area contributed by atoms with Gasteiger partial charge in [0.15, 0.2) is 0 Å². The maximum atomic E-state index is 6.82. The summed E-state index contributed by atoms with van der Waals surface area (Å²) >= 11 is 0. The van der Waals surface area contributed by atoms with E-state index < -0.39 is 0 Å². The number of hydrogen-bond acceptors (Lipinski definition) is 2. The molecule has 0 N–H and O–H groups in total. The summed E-state index contributed by atoms with van der Waals surface area (Å²) in [5, 5.41) is 14.5. The lowest BCUT2D eigenvalue weighted by Crippen LogP contribution is -1.92. The zero-order chi connectivity index (χ0) is 35.1. The van der Waals surface area contributed by atoms with Gasteiger partial charge in [0.2, 0.25) is 0 Å². The van der Waals surface area contributed by atoms with Crippen LogP contribution in [-0.2, 0) is 0 Å². The lowest BCUT2D eigenvalue weighted by Gasteiger charge is -2.19. The third-order valence-corrected chi connectivity index (χ3v) is 12.0. The molecule has 12 aromatic rings. The van der Waals surface area contributed by atoms with Gasteiger partial charge in [0, 0.05) is 26.9 Å². The van der Waals surface area contributed by atoms with Crippen LogP contribution in [-0.4, -0.2) is 0 Å². The average molecular weight is 685 g/mol. The van der Waals surface area contributed by atoms with Crippen molar-refractivity contribution in [3.05, 3.63) is 170 Å². The molecule has 248 valence electrons. The lowest BCUT2D eigenvalue weighted by molar-refractivity contribution is 0.669. The summed E-state index contributed by atoms with van der Waals surface area (Å²) in [6, 6.07) is 61.8. The molecule has 1 aliphatic carbocycles. The molecule has 2 heteroatoms. The number of fused-ring (bicyclic) bond motifs is 4. The predicted octanol–water partition coefficient (Wildman–Crippen LogP) is 15.1. The van der Waals surface area contributed by atoms with Gasteiger partial charge < -0.3 is 8.83 Å². The molecule has 2 nitrogen and oxygen atoms in total. The minimum Gasteiger partial charge on any atom is -0.456 e. The van der Waals surface area contributed by atoms with Crippen LogP contribution in [0.15, 0.2) is 179 Å². The minimum absolute atomic E-state index is 0.899. The van der Waals surface area contributed by atoms with Crippen LogP contribution in [0.25, 0.3) is 131 Å². The van der Waals surface area contributed by atoms with E-state index in [-0.39, 0.29) is 0 Å². The standard InChI is InChI=1S/C52H28O2/c1-2-12-32-29(10-1)11-7-17-33(32)30-22-24-31(25-23-30)46-34-13-3-5-15-36(34)47(37-16-6-4-14-35(37)46)41-28-45-52-49-39(19-9-21-43(49)54-45)38-18-8-20-42-48(38)51-44(53-42)27-26-40(41)50(51)52/h1-28H. The van der Waals surface area contributed by atoms with E-state index in [1.807, 2.05) is 0 Å². The average Bonchev–Trinajstić information content (AvgIpc) is 3.77. The van der Waals surface area contributed by atoms with Gasteiger partial charge in [-0.25, -0.2) is 0 Å². The third kappa shape index (κ3) is 3.59. The monoisotopic (exact) mass is 684 g/mol.